The highest BCUT2D eigenvalue weighted by molar-refractivity contribution is 5.95. The van der Waals surface area contributed by atoms with Crippen LogP contribution in [0.3, 0.4) is 0 Å². The molecule has 5 heteroatoms. The van der Waals surface area contributed by atoms with Gasteiger partial charge >= 0.3 is 6.03 Å². The van der Waals surface area contributed by atoms with Crippen molar-refractivity contribution in [3.05, 3.63) is 42.0 Å². The van der Waals surface area contributed by atoms with Crippen LogP contribution in [0.4, 0.5) is 4.79 Å². The van der Waals surface area contributed by atoms with Gasteiger partial charge < -0.3 is 15.5 Å². The Bertz CT molecular complexity index is 657. The second-order valence-electron chi connectivity index (χ2n) is 7.75. The van der Waals surface area contributed by atoms with Gasteiger partial charge in [-0.2, -0.15) is 0 Å². The topological polar surface area (TPSA) is 61.4 Å². The van der Waals surface area contributed by atoms with Crippen LogP contribution in [0.2, 0.25) is 0 Å². The molecule has 2 aliphatic rings. The Hall–Kier alpha value is -2.30. The number of urea groups is 1. The third-order valence-electron chi connectivity index (χ3n) is 5.64. The Kier molecular flexibility index (Phi) is 6.91. The van der Waals surface area contributed by atoms with Crippen LogP contribution in [0, 0.1) is 0 Å². The second kappa shape index (κ2) is 9.58. The molecule has 0 bridgehead atoms. The summed E-state index contributed by atoms with van der Waals surface area (Å²) < 4.78 is 0. The molecule has 1 aromatic rings. The number of allylic oxidation sites excluding steroid dienone is 1. The van der Waals surface area contributed by atoms with Crippen molar-refractivity contribution in [1.82, 2.24) is 15.5 Å². The number of benzene rings is 1. The summed E-state index contributed by atoms with van der Waals surface area (Å²) in [5.41, 5.74) is 2.01. The number of nitrogens with zero attached hydrogens (tertiary/aromatic N) is 1. The van der Waals surface area contributed by atoms with Crippen molar-refractivity contribution >= 4 is 17.5 Å². The van der Waals surface area contributed by atoms with Gasteiger partial charge in [-0.05, 0) is 43.7 Å². The molecule has 3 rings (SSSR count). The van der Waals surface area contributed by atoms with E-state index in [1.165, 1.54) is 19.3 Å². The second-order valence-corrected chi connectivity index (χ2v) is 7.75. The fourth-order valence-corrected chi connectivity index (χ4v) is 3.96. The maximum absolute atomic E-state index is 12.4. The zero-order chi connectivity index (χ0) is 19.1. The van der Waals surface area contributed by atoms with Crippen LogP contribution >= 0.6 is 0 Å². The summed E-state index contributed by atoms with van der Waals surface area (Å²) in [6, 6.07) is 10.5. The van der Waals surface area contributed by atoms with Gasteiger partial charge in [-0.3, -0.25) is 4.79 Å². The lowest BCUT2D eigenvalue weighted by Gasteiger charge is -2.34. The van der Waals surface area contributed by atoms with Crippen molar-refractivity contribution in [3.63, 3.8) is 0 Å². The highest BCUT2D eigenvalue weighted by atomic mass is 16.2. The molecule has 1 heterocycles. The summed E-state index contributed by atoms with van der Waals surface area (Å²) >= 11 is 0. The standard InChI is InChI=1S/C22H31N3O2/c1-17(18-8-4-2-5-9-18)16-21(26)23-20-12-14-25(15-13-20)22(27)24-19-10-6-3-7-11-19/h2,4-5,8-9,16,19-20H,3,6-7,10-15H2,1H3,(H,23,26)(H,24,27)/b17-16+. The molecule has 0 radical (unpaired) electrons. The third-order valence-corrected chi connectivity index (χ3v) is 5.64. The number of hydrogen-bond donors (Lipinski definition) is 2. The highest BCUT2D eigenvalue weighted by Crippen LogP contribution is 2.18. The summed E-state index contributed by atoms with van der Waals surface area (Å²) in [7, 11) is 0. The van der Waals surface area contributed by atoms with Gasteiger partial charge in [-0.15, -0.1) is 0 Å². The van der Waals surface area contributed by atoms with Crippen molar-refractivity contribution in [1.29, 1.82) is 0 Å². The maximum Gasteiger partial charge on any atom is 0.317 e. The lowest BCUT2D eigenvalue weighted by atomic mass is 9.95. The van der Waals surface area contributed by atoms with Gasteiger partial charge in [0.15, 0.2) is 0 Å². The minimum absolute atomic E-state index is 0.0542. The molecule has 1 saturated heterocycles. The lowest BCUT2D eigenvalue weighted by molar-refractivity contribution is -0.117. The van der Waals surface area contributed by atoms with E-state index in [1.807, 2.05) is 42.2 Å². The van der Waals surface area contributed by atoms with Crippen molar-refractivity contribution in [2.24, 2.45) is 0 Å². The fourth-order valence-electron chi connectivity index (χ4n) is 3.96. The van der Waals surface area contributed by atoms with Gasteiger partial charge in [0.05, 0.1) is 0 Å². The van der Waals surface area contributed by atoms with Gasteiger partial charge in [0.1, 0.15) is 0 Å². The average Bonchev–Trinajstić information content (AvgIpc) is 2.70. The predicted molar refractivity (Wildman–Crippen MR) is 108 cm³/mol. The largest absolute Gasteiger partial charge is 0.350 e. The molecule has 1 aliphatic carbocycles. The first-order chi connectivity index (χ1) is 13.1. The highest BCUT2D eigenvalue weighted by Gasteiger charge is 2.25. The first-order valence-corrected chi connectivity index (χ1v) is 10.2. The monoisotopic (exact) mass is 369 g/mol. The number of nitrogens with one attached hydrogen (secondary N) is 2. The van der Waals surface area contributed by atoms with E-state index in [9.17, 15) is 9.59 Å². The zero-order valence-corrected chi connectivity index (χ0v) is 16.2. The van der Waals surface area contributed by atoms with Gasteiger partial charge in [0.25, 0.3) is 0 Å². The molecule has 3 amide bonds. The molecular weight excluding hydrogens is 338 g/mol. The maximum atomic E-state index is 12.4. The summed E-state index contributed by atoms with van der Waals surface area (Å²) in [4.78, 5) is 26.6. The van der Waals surface area contributed by atoms with Gasteiger partial charge in [-0.25, -0.2) is 4.79 Å². The number of hydrogen-bond acceptors (Lipinski definition) is 2. The summed E-state index contributed by atoms with van der Waals surface area (Å²) in [6.07, 6.45) is 9.21. The Morgan fingerprint density at radius 2 is 1.56 bits per heavy atom. The minimum atomic E-state index is -0.0542. The summed E-state index contributed by atoms with van der Waals surface area (Å²) in [5, 5.41) is 6.27. The van der Waals surface area contributed by atoms with Crippen LogP contribution in [-0.2, 0) is 4.79 Å². The van der Waals surface area contributed by atoms with Crippen molar-refractivity contribution in [2.45, 2.75) is 64.0 Å². The first kappa shape index (κ1) is 19.5. The molecule has 0 atom stereocenters. The number of amides is 3. The van der Waals surface area contributed by atoms with Gasteiger partial charge in [0, 0.05) is 31.2 Å². The molecule has 0 unspecified atom stereocenters. The minimum Gasteiger partial charge on any atom is -0.350 e. The fraction of sp³-hybridized carbons (Fsp3) is 0.545. The molecular formula is C22H31N3O2. The molecule has 5 nitrogen and oxygen atoms in total. The van der Waals surface area contributed by atoms with E-state index in [4.69, 9.17) is 0 Å². The van der Waals surface area contributed by atoms with Crippen LogP contribution < -0.4 is 10.6 Å². The van der Waals surface area contributed by atoms with E-state index in [0.29, 0.717) is 19.1 Å². The molecule has 2 N–H and O–H groups in total. The molecule has 146 valence electrons. The predicted octanol–water partition coefficient (Wildman–Crippen LogP) is 3.71. The third kappa shape index (κ3) is 5.84. The molecule has 0 aromatic heterocycles. The first-order valence-electron chi connectivity index (χ1n) is 10.2. The van der Waals surface area contributed by atoms with E-state index in [1.54, 1.807) is 6.08 Å². The number of carbonyl (C=O) groups excluding carboxylic acids is 2. The van der Waals surface area contributed by atoms with Crippen molar-refractivity contribution < 1.29 is 9.59 Å². The van der Waals surface area contributed by atoms with Crippen molar-refractivity contribution in [2.75, 3.05) is 13.1 Å². The number of carbonyl (C=O) groups is 2. The molecule has 1 aromatic carbocycles. The lowest BCUT2D eigenvalue weighted by Crippen LogP contribution is -2.51. The normalized spacial score (nSPS) is 19.6. The number of likely N-dealkylation sites (tertiary alicyclic amines) is 1. The number of rotatable bonds is 4. The van der Waals surface area contributed by atoms with Gasteiger partial charge in [-0.1, -0.05) is 49.6 Å². The average molecular weight is 370 g/mol. The van der Waals surface area contributed by atoms with E-state index >= 15 is 0 Å². The van der Waals surface area contributed by atoms with Crippen LogP contribution in [-0.4, -0.2) is 42.0 Å². The van der Waals surface area contributed by atoms with E-state index in [-0.39, 0.29) is 18.0 Å². The Morgan fingerprint density at radius 3 is 2.22 bits per heavy atom. The van der Waals surface area contributed by atoms with Crippen LogP contribution in [0.25, 0.3) is 5.57 Å². The quantitative estimate of drug-likeness (QED) is 0.795. The Balaban J connectivity index is 1.42. The van der Waals surface area contributed by atoms with Crippen LogP contribution in [0.15, 0.2) is 36.4 Å². The van der Waals surface area contributed by atoms with E-state index in [0.717, 1.165) is 36.8 Å². The van der Waals surface area contributed by atoms with E-state index in [2.05, 4.69) is 10.6 Å². The summed E-state index contributed by atoms with van der Waals surface area (Å²) in [5.74, 6) is -0.0542. The zero-order valence-electron chi connectivity index (χ0n) is 16.2. The molecule has 1 saturated carbocycles. The Morgan fingerprint density at radius 1 is 0.926 bits per heavy atom. The number of piperidine rings is 1. The molecule has 1 aliphatic heterocycles. The molecule has 0 spiro atoms. The smallest absolute Gasteiger partial charge is 0.317 e. The Labute approximate surface area is 162 Å². The van der Waals surface area contributed by atoms with Crippen molar-refractivity contribution in [3.8, 4) is 0 Å². The molecule has 27 heavy (non-hydrogen) atoms. The SMILES string of the molecule is C/C(=C\C(=O)NC1CCN(C(=O)NC2CCCCC2)CC1)c1ccccc1. The van der Waals surface area contributed by atoms with Crippen LogP contribution in [0.1, 0.15) is 57.4 Å². The molecule has 2 fully saturated rings. The van der Waals surface area contributed by atoms with E-state index < -0.39 is 0 Å². The summed E-state index contributed by atoms with van der Waals surface area (Å²) in [6.45, 7) is 3.35. The van der Waals surface area contributed by atoms with Gasteiger partial charge in [0.2, 0.25) is 5.91 Å². The van der Waals surface area contributed by atoms with Crippen LogP contribution in [0.5, 0.6) is 0 Å².